The Morgan fingerprint density at radius 1 is 0.706 bits per heavy atom. The van der Waals surface area contributed by atoms with Gasteiger partial charge in [0.05, 0.1) is 62.6 Å². The van der Waals surface area contributed by atoms with E-state index in [0.29, 0.717) is 36.3 Å². The van der Waals surface area contributed by atoms with Crippen molar-refractivity contribution in [3.63, 3.8) is 0 Å². The number of imidazole rings is 1. The Kier molecular flexibility index (Phi) is 30.6. The lowest BCUT2D eigenvalue weighted by atomic mass is 9.90. The second kappa shape index (κ2) is 39.3. The maximum Gasteiger partial charge on any atom is 0.305 e. The van der Waals surface area contributed by atoms with Crippen molar-refractivity contribution in [2.24, 2.45) is 5.73 Å². The standard InChI is InChI=1S/C76H95FN14O18/c1-8-47-33-51(109-7)23-24-53(47)48-21-18-45(19-22-48)32-58(67(101)80-30-28-46-20-25-56(81-37-46)52-16-11-9-14-42(52)2)84-68(102)59(35-63(98)99)85-69(103)60(40-92)86-70(104)64(43(3)93)89-73(107)75(5,36-49-15-10-12-17-54(49)77)90-71(105)65(44(4)94)88-61(95)39-82-66(100)57(26-27-62(96)97)87-74(108)76(6)29-13-31-91(76)72(106)55(78)34-50-38-79-41-83-50/h9-12,14-25,33,37-38,41,43-44,55,57-60,64-65,92-94H,8,13,26-32,34-36,39-40,78H2,1-7H3,(H,79,83)(H,80,101)(H,82,100)(H,84,102)(H,85,103)(H,86,104)(H,87,108)(H,88,95)(H,89,107)(H,90,105)(H,96,97)(H,98,99)/t43-,44-,55+,57+,58+,59+,60+,64+,65+,75-,76-/m1/s1. The summed E-state index contributed by atoms with van der Waals surface area (Å²) >= 11 is 0. The average molecular weight is 1510 g/mol. The van der Waals surface area contributed by atoms with Crippen molar-refractivity contribution in [2.45, 2.75) is 171 Å². The predicted molar refractivity (Wildman–Crippen MR) is 393 cm³/mol. The van der Waals surface area contributed by atoms with Gasteiger partial charge in [0.1, 0.15) is 58.9 Å². The van der Waals surface area contributed by atoms with Crippen LogP contribution in [0.3, 0.4) is 0 Å². The van der Waals surface area contributed by atoms with Crippen molar-refractivity contribution in [3.8, 4) is 28.1 Å². The molecule has 10 amide bonds. The summed E-state index contributed by atoms with van der Waals surface area (Å²) < 4.78 is 20.9. The molecule has 0 saturated carbocycles. The van der Waals surface area contributed by atoms with Gasteiger partial charge in [-0.25, -0.2) is 9.37 Å². The molecule has 7 rings (SSSR count). The first-order valence-electron chi connectivity index (χ1n) is 35.4. The molecule has 584 valence electrons. The number of aryl methyl sites for hydroxylation is 2. The molecule has 4 aromatic carbocycles. The molecule has 11 atom stereocenters. The molecule has 0 spiro atoms. The van der Waals surface area contributed by atoms with E-state index in [1.807, 2.05) is 80.6 Å². The summed E-state index contributed by atoms with van der Waals surface area (Å²) in [4.78, 5) is 178. The zero-order valence-corrected chi connectivity index (χ0v) is 61.5. The zero-order valence-electron chi connectivity index (χ0n) is 61.5. The van der Waals surface area contributed by atoms with E-state index in [1.54, 1.807) is 31.6 Å². The Labute approximate surface area is 628 Å². The SMILES string of the molecule is CCc1cc(OC)ccc1-c1ccc(C[C@H](NC(=O)[C@H](CC(=O)O)NC(=O)[C@H](CO)NC(=O)[C@@H](NC(=O)[C@@](C)(Cc2ccccc2F)NC(=O)[C@@H](NC(=O)CNC(=O)[C@H](CCC(=O)O)NC(=O)[C@@]2(C)CCCN2C(=O)[C@@H](N)Cc2c[nH]cn2)[C@@H](C)O)[C@@H](C)O)C(=O)NCCc2ccc(-c3ccccc3C)nc2)cc1. The van der Waals surface area contributed by atoms with E-state index in [9.17, 15) is 83.1 Å². The average Bonchev–Trinajstić information content (AvgIpc) is 1.63. The first-order chi connectivity index (χ1) is 51.8. The molecule has 0 radical (unpaired) electrons. The zero-order chi connectivity index (χ0) is 79.9. The number of rotatable bonds is 39. The van der Waals surface area contributed by atoms with Gasteiger partial charge in [-0.05, 0) is 130 Å². The fourth-order valence-corrected chi connectivity index (χ4v) is 12.5. The first-order valence-corrected chi connectivity index (χ1v) is 35.4. The summed E-state index contributed by atoms with van der Waals surface area (Å²) in [5.41, 5.74) is 9.38. The lowest BCUT2D eigenvalue weighted by Gasteiger charge is -2.36. The van der Waals surface area contributed by atoms with Crippen molar-refractivity contribution in [1.29, 1.82) is 0 Å². The Morgan fingerprint density at radius 3 is 1.98 bits per heavy atom. The summed E-state index contributed by atoms with van der Waals surface area (Å²) in [5.74, 6) is -14.1. The third kappa shape index (κ3) is 23.5. The molecule has 0 bridgehead atoms. The van der Waals surface area contributed by atoms with Gasteiger partial charge in [-0.3, -0.25) is 62.5 Å². The van der Waals surface area contributed by atoms with Crippen molar-refractivity contribution >= 4 is 71.0 Å². The summed E-state index contributed by atoms with van der Waals surface area (Å²) in [6.45, 7) is 6.54. The molecule has 1 aliphatic rings. The topological polar surface area (TPSA) is 494 Å². The molecule has 1 saturated heterocycles. The van der Waals surface area contributed by atoms with Crippen LogP contribution in [0.4, 0.5) is 4.39 Å². The summed E-state index contributed by atoms with van der Waals surface area (Å²) in [5, 5.41) is 73.6. The smallest absolute Gasteiger partial charge is 0.305 e. The lowest BCUT2D eigenvalue weighted by molar-refractivity contribution is -0.146. The van der Waals surface area contributed by atoms with E-state index in [0.717, 1.165) is 65.9 Å². The number of aromatic nitrogens is 3. The van der Waals surface area contributed by atoms with Crippen LogP contribution in [-0.2, 0) is 89.6 Å². The second-order valence-corrected chi connectivity index (χ2v) is 27.1. The number of nitrogens with two attached hydrogens (primary N) is 1. The van der Waals surface area contributed by atoms with Crippen LogP contribution in [0.2, 0.25) is 0 Å². The number of methoxy groups -OCH3 is 1. The minimum absolute atomic E-state index is 0.0351. The number of ether oxygens (including phenoxy) is 1. The van der Waals surface area contributed by atoms with Crippen LogP contribution in [0, 0.1) is 12.7 Å². The summed E-state index contributed by atoms with van der Waals surface area (Å²) in [6, 6.07) is 17.0. The lowest BCUT2D eigenvalue weighted by Crippen LogP contribution is -2.67. The first kappa shape index (κ1) is 84.7. The van der Waals surface area contributed by atoms with Crippen LogP contribution in [0.15, 0.2) is 122 Å². The Balaban J connectivity index is 1.03. The van der Waals surface area contributed by atoms with Gasteiger partial charge in [0.25, 0.3) is 0 Å². The van der Waals surface area contributed by atoms with Gasteiger partial charge in [0.15, 0.2) is 0 Å². The number of carboxylic acid groups (broad SMARTS) is 2. The van der Waals surface area contributed by atoms with Gasteiger partial charge in [-0.2, -0.15) is 0 Å². The number of H-pyrrole nitrogens is 1. The number of carbonyl (C=O) groups excluding carboxylic acids is 10. The number of aromatic amines is 1. The van der Waals surface area contributed by atoms with Crippen LogP contribution in [0.1, 0.15) is 100 Å². The van der Waals surface area contributed by atoms with Crippen molar-refractivity contribution in [2.75, 3.05) is 33.4 Å². The van der Waals surface area contributed by atoms with Gasteiger partial charge in [0, 0.05) is 56.7 Å². The maximum atomic E-state index is 15.5. The molecule has 3 heterocycles. The minimum Gasteiger partial charge on any atom is -0.497 e. The van der Waals surface area contributed by atoms with Crippen LogP contribution in [-0.4, -0.2) is 215 Å². The number of halogens is 1. The third-order valence-electron chi connectivity index (χ3n) is 18.7. The van der Waals surface area contributed by atoms with E-state index in [2.05, 4.69) is 62.8 Å². The van der Waals surface area contributed by atoms with Gasteiger partial charge in [-0.1, -0.05) is 85.8 Å². The van der Waals surface area contributed by atoms with Gasteiger partial charge in [0.2, 0.25) is 59.1 Å². The Hall–Kier alpha value is -11.6. The number of benzene rings is 4. The van der Waals surface area contributed by atoms with Crippen LogP contribution < -0.4 is 58.3 Å². The molecular formula is C76H95FN14O18. The number of carbonyl (C=O) groups is 12. The molecule has 1 aliphatic heterocycles. The van der Waals surface area contributed by atoms with Gasteiger partial charge >= 0.3 is 11.9 Å². The molecule has 17 N–H and O–H groups in total. The maximum absolute atomic E-state index is 15.5. The Morgan fingerprint density at radius 2 is 1.36 bits per heavy atom. The molecule has 1 fully saturated rings. The molecule has 2 aromatic heterocycles. The van der Waals surface area contributed by atoms with E-state index in [-0.39, 0.29) is 37.9 Å². The molecule has 32 nitrogen and oxygen atoms in total. The number of nitrogens with one attached hydrogen (secondary N) is 10. The molecule has 6 aromatic rings. The number of pyridine rings is 1. The highest BCUT2D eigenvalue weighted by Crippen LogP contribution is 2.32. The quantitative estimate of drug-likeness (QED) is 0.0246. The van der Waals surface area contributed by atoms with Crippen molar-refractivity contribution in [3.05, 3.63) is 161 Å². The largest absolute Gasteiger partial charge is 0.497 e. The van der Waals surface area contributed by atoms with Crippen LogP contribution in [0.5, 0.6) is 5.75 Å². The fraction of sp³-hybridized carbons (Fsp3) is 0.421. The third-order valence-corrected chi connectivity index (χ3v) is 18.7. The number of likely N-dealkylation sites (tertiary alicyclic amines) is 1. The van der Waals surface area contributed by atoms with Gasteiger partial charge < -0.3 is 93.7 Å². The second-order valence-electron chi connectivity index (χ2n) is 27.1. The predicted octanol–water partition coefficient (Wildman–Crippen LogP) is 0.246. The molecule has 0 unspecified atom stereocenters. The molecule has 109 heavy (non-hydrogen) atoms. The number of amides is 10. The number of hydrogen-bond donors (Lipinski definition) is 16. The number of aliphatic hydroxyl groups excluding tert-OH is 3. The normalized spacial score (nSPS) is 16.3. The Bertz CT molecular complexity index is 4220. The van der Waals surface area contributed by atoms with Crippen LogP contribution >= 0.6 is 0 Å². The number of carboxylic acids is 2. The molecule has 33 heteroatoms. The van der Waals surface area contributed by atoms with E-state index >= 15 is 4.39 Å². The van der Waals surface area contributed by atoms with E-state index < -0.39 is 181 Å². The summed E-state index contributed by atoms with van der Waals surface area (Å²) in [7, 11) is 1.57. The van der Waals surface area contributed by atoms with Crippen molar-refractivity contribution < 1.29 is 92.2 Å². The van der Waals surface area contributed by atoms with Gasteiger partial charge in [-0.15, -0.1) is 0 Å². The minimum atomic E-state index is -2.40. The van der Waals surface area contributed by atoms with Crippen molar-refractivity contribution in [1.82, 2.24) is 67.7 Å². The van der Waals surface area contributed by atoms with Crippen LogP contribution in [0.25, 0.3) is 22.4 Å². The molecule has 0 aliphatic carbocycles. The fourth-order valence-electron chi connectivity index (χ4n) is 12.5. The highest BCUT2D eigenvalue weighted by molar-refractivity contribution is 6.01. The summed E-state index contributed by atoms with van der Waals surface area (Å²) in [6.07, 6.45) is -0.625. The number of hydrogen-bond acceptors (Lipinski definition) is 19. The highest BCUT2D eigenvalue weighted by Gasteiger charge is 2.48. The highest BCUT2D eigenvalue weighted by atomic mass is 19.1. The van der Waals surface area contributed by atoms with E-state index in [4.69, 9.17) is 10.5 Å². The number of aliphatic carboxylic acids is 2. The monoisotopic (exact) mass is 1510 g/mol. The number of aliphatic hydroxyl groups is 3. The molecular weight excluding hydrogens is 1420 g/mol. The van der Waals surface area contributed by atoms with E-state index in [1.165, 1.54) is 36.4 Å². The number of nitrogens with zero attached hydrogens (tertiary/aromatic N) is 3.